The van der Waals surface area contributed by atoms with Crippen LogP contribution in [0.15, 0.2) is 47.5 Å². The lowest BCUT2D eigenvalue weighted by molar-refractivity contribution is -0.117. The Morgan fingerprint density at radius 2 is 1.87 bits per heavy atom. The third-order valence-corrected chi connectivity index (χ3v) is 4.88. The van der Waals surface area contributed by atoms with Crippen molar-refractivity contribution >= 4 is 41.5 Å². The quantitative estimate of drug-likeness (QED) is 0.312. The first-order chi connectivity index (χ1) is 14.5. The van der Waals surface area contributed by atoms with Crippen LogP contribution < -0.4 is 20.3 Å². The standard InChI is InChI=1S/C22H26F2N4O2.HI/c1-15-5-10-19(30-21(23)24)17(12-15)14-27-22(25-2)26-13-16-6-8-18(9-7-16)28-11-3-4-20(28)29;/h5-10,12,21H,3-4,11,13-14H2,1-2H3,(H2,25,26,27);1H. The van der Waals surface area contributed by atoms with E-state index in [0.717, 1.165) is 29.8 Å². The van der Waals surface area contributed by atoms with Crippen molar-refractivity contribution in [3.8, 4) is 5.75 Å². The van der Waals surface area contributed by atoms with Crippen molar-refractivity contribution in [1.29, 1.82) is 0 Å². The Hall–Kier alpha value is -2.43. The number of aliphatic imine (C=N–C) groups is 1. The molecule has 2 aromatic rings. The molecule has 3 rings (SSSR count). The van der Waals surface area contributed by atoms with Crippen LogP contribution in [0.3, 0.4) is 0 Å². The number of nitrogens with zero attached hydrogens (tertiary/aromatic N) is 2. The van der Waals surface area contributed by atoms with Gasteiger partial charge in [-0.05, 0) is 37.1 Å². The molecule has 0 aliphatic carbocycles. The molecule has 1 saturated heterocycles. The van der Waals surface area contributed by atoms with Crippen LogP contribution in [0.5, 0.6) is 5.75 Å². The van der Waals surface area contributed by atoms with Gasteiger partial charge in [-0.25, -0.2) is 0 Å². The van der Waals surface area contributed by atoms with Crippen molar-refractivity contribution < 1.29 is 18.3 Å². The van der Waals surface area contributed by atoms with Crippen molar-refractivity contribution in [2.75, 3.05) is 18.5 Å². The minimum absolute atomic E-state index is 0. The minimum atomic E-state index is -2.87. The summed E-state index contributed by atoms with van der Waals surface area (Å²) in [5.41, 5.74) is 3.52. The Morgan fingerprint density at radius 1 is 1.16 bits per heavy atom. The number of rotatable bonds is 7. The number of hydrogen-bond acceptors (Lipinski definition) is 3. The van der Waals surface area contributed by atoms with Crippen LogP contribution in [0.1, 0.15) is 29.5 Å². The van der Waals surface area contributed by atoms with E-state index in [-0.39, 0.29) is 35.6 Å². The maximum absolute atomic E-state index is 12.6. The van der Waals surface area contributed by atoms with Gasteiger partial charge in [-0.3, -0.25) is 9.79 Å². The SMILES string of the molecule is CN=C(NCc1ccc(N2CCCC2=O)cc1)NCc1cc(C)ccc1OC(F)F.I. The zero-order valence-corrected chi connectivity index (χ0v) is 19.9. The minimum Gasteiger partial charge on any atom is -0.434 e. The molecule has 9 heteroatoms. The molecule has 0 atom stereocenters. The van der Waals surface area contributed by atoms with Gasteiger partial charge in [-0.15, -0.1) is 24.0 Å². The molecule has 1 aliphatic rings. The molecular weight excluding hydrogens is 517 g/mol. The Bertz CT molecular complexity index is 907. The van der Waals surface area contributed by atoms with E-state index < -0.39 is 6.61 Å². The number of guanidine groups is 1. The summed E-state index contributed by atoms with van der Waals surface area (Å²) in [6, 6.07) is 12.9. The summed E-state index contributed by atoms with van der Waals surface area (Å²) < 4.78 is 29.8. The third kappa shape index (κ3) is 7.05. The molecule has 1 amide bonds. The monoisotopic (exact) mass is 544 g/mol. The molecular formula is C22H27F2IN4O2. The van der Waals surface area contributed by atoms with Gasteiger partial charge in [0.05, 0.1) is 0 Å². The molecule has 0 spiro atoms. The van der Waals surface area contributed by atoms with Gasteiger partial charge in [-0.1, -0.05) is 29.8 Å². The number of benzene rings is 2. The van der Waals surface area contributed by atoms with Crippen LogP contribution in [-0.4, -0.2) is 32.1 Å². The summed E-state index contributed by atoms with van der Waals surface area (Å²) in [6.07, 6.45) is 1.51. The van der Waals surface area contributed by atoms with Crippen LogP contribution in [-0.2, 0) is 17.9 Å². The van der Waals surface area contributed by atoms with Crippen molar-refractivity contribution in [2.45, 2.75) is 39.5 Å². The number of alkyl halides is 2. The second-order valence-electron chi connectivity index (χ2n) is 7.08. The van der Waals surface area contributed by atoms with Gasteiger partial charge in [-0.2, -0.15) is 8.78 Å². The van der Waals surface area contributed by atoms with Crippen molar-refractivity contribution in [2.24, 2.45) is 4.99 Å². The number of hydrogen-bond donors (Lipinski definition) is 2. The van der Waals surface area contributed by atoms with Gasteiger partial charge >= 0.3 is 6.61 Å². The second kappa shape index (κ2) is 11.8. The summed E-state index contributed by atoms with van der Waals surface area (Å²) in [4.78, 5) is 17.8. The van der Waals surface area contributed by atoms with E-state index in [1.807, 2.05) is 31.2 Å². The van der Waals surface area contributed by atoms with Gasteiger partial charge < -0.3 is 20.3 Å². The highest BCUT2D eigenvalue weighted by Crippen LogP contribution is 2.23. The second-order valence-corrected chi connectivity index (χ2v) is 7.08. The molecule has 168 valence electrons. The van der Waals surface area contributed by atoms with Crippen LogP contribution in [0.4, 0.5) is 14.5 Å². The predicted octanol–water partition coefficient (Wildman–Crippen LogP) is 4.21. The third-order valence-electron chi connectivity index (χ3n) is 4.88. The number of ether oxygens (including phenoxy) is 1. The fraction of sp³-hybridized carbons (Fsp3) is 0.364. The van der Waals surface area contributed by atoms with E-state index in [1.54, 1.807) is 30.1 Å². The van der Waals surface area contributed by atoms with E-state index >= 15 is 0 Å². The van der Waals surface area contributed by atoms with Crippen LogP contribution in [0, 0.1) is 6.92 Å². The maximum Gasteiger partial charge on any atom is 0.387 e. The molecule has 2 aromatic carbocycles. The highest BCUT2D eigenvalue weighted by Gasteiger charge is 2.21. The Balaban J connectivity index is 0.00000341. The number of amides is 1. The summed E-state index contributed by atoms with van der Waals surface area (Å²) in [6.45, 7) is 0.607. The molecule has 2 N–H and O–H groups in total. The number of halogens is 3. The number of aryl methyl sites for hydroxylation is 1. The maximum atomic E-state index is 12.6. The van der Waals surface area contributed by atoms with Crippen molar-refractivity contribution in [3.05, 3.63) is 59.2 Å². The average molecular weight is 544 g/mol. The van der Waals surface area contributed by atoms with Gasteiger partial charge in [0.2, 0.25) is 5.91 Å². The molecule has 0 unspecified atom stereocenters. The zero-order chi connectivity index (χ0) is 21.5. The molecule has 6 nitrogen and oxygen atoms in total. The fourth-order valence-corrected chi connectivity index (χ4v) is 3.36. The molecule has 1 heterocycles. The number of nitrogens with one attached hydrogen (secondary N) is 2. The van der Waals surface area contributed by atoms with E-state index in [2.05, 4.69) is 20.4 Å². The highest BCUT2D eigenvalue weighted by atomic mass is 127. The Kier molecular flexibility index (Phi) is 9.47. The van der Waals surface area contributed by atoms with Crippen LogP contribution in [0.2, 0.25) is 0 Å². The molecule has 0 radical (unpaired) electrons. The fourth-order valence-electron chi connectivity index (χ4n) is 3.36. The Labute approximate surface area is 198 Å². The number of carbonyl (C=O) groups is 1. The molecule has 1 aliphatic heterocycles. The summed E-state index contributed by atoms with van der Waals surface area (Å²) >= 11 is 0. The molecule has 31 heavy (non-hydrogen) atoms. The zero-order valence-electron chi connectivity index (χ0n) is 17.5. The lowest BCUT2D eigenvalue weighted by Gasteiger charge is -2.17. The average Bonchev–Trinajstić information content (AvgIpc) is 3.16. The normalized spacial score (nSPS) is 13.9. The predicted molar refractivity (Wildman–Crippen MR) is 128 cm³/mol. The largest absolute Gasteiger partial charge is 0.434 e. The first-order valence-electron chi connectivity index (χ1n) is 9.84. The summed E-state index contributed by atoms with van der Waals surface area (Å²) in [7, 11) is 1.64. The lowest BCUT2D eigenvalue weighted by Crippen LogP contribution is -2.36. The van der Waals surface area contributed by atoms with Gasteiger partial charge in [0.25, 0.3) is 0 Å². The van der Waals surface area contributed by atoms with Crippen LogP contribution >= 0.6 is 24.0 Å². The molecule has 0 saturated carbocycles. The van der Waals surface area contributed by atoms with Crippen LogP contribution in [0.25, 0.3) is 0 Å². The van der Waals surface area contributed by atoms with E-state index in [4.69, 9.17) is 0 Å². The molecule has 0 aromatic heterocycles. The molecule has 0 bridgehead atoms. The smallest absolute Gasteiger partial charge is 0.387 e. The van der Waals surface area contributed by atoms with Gasteiger partial charge in [0.1, 0.15) is 5.75 Å². The number of carbonyl (C=O) groups excluding carboxylic acids is 1. The Morgan fingerprint density at radius 3 is 2.48 bits per heavy atom. The first-order valence-corrected chi connectivity index (χ1v) is 9.84. The van der Waals surface area contributed by atoms with Crippen molar-refractivity contribution in [1.82, 2.24) is 10.6 Å². The summed E-state index contributed by atoms with van der Waals surface area (Å²) in [5, 5.41) is 6.32. The van der Waals surface area contributed by atoms with E-state index in [9.17, 15) is 13.6 Å². The molecule has 1 fully saturated rings. The lowest BCUT2D eigenvalue weighted by atomic mass is 10.1. The van der Waals surface area contributed by atoms with Gasteiger partial charge in [0.15, 0.2) is 5.96 Å². The van der Waals surface area contributed by atoms with E-state index in [0.29, 0.717) is 31.0 Å². The highest BCUT2D eigenvalue weighted by molar-refractivity contribution is 14.0. The number of anilines is 1. The first kappa shape index (κ1) is 24.8. The summed E-state index contributed by atoms with van der Waals surface area (Å²) in [5.74, 6) is 0.848. The van der Waals surface area contributed by atoms with Gasteiger partial charge in [0, 0.05) is 44.4 Å². The van der Waals surface area contributed by atoms with E-state index in [1.165, 1.54) is 0 Å². The topological polar surface area (TPSA) is 66.0 Å². The van der Waals surface area contributed by atoms with Crippen molar-refractivity contribution in [3.63, 3.8) is 0 Å².